The van der Waals surface area contributed by atoms with Gasteiger partial charge in [0.15, 0.2) is 0 Å². The fraction of sp³-hybridized carbons (Fsp3) is 0.333. The summed E-state index contributed by atoms with van der Waals surface area (Å²) in [5.41, 5.74) is 1.95. The first-order valence-electron chi connectivity index (χ1n) is 8.06. The van der Waals surface area contributed by atoms with Crippen LogP contribution in [0.1, 0.15) is 34.0 Å². The van der Waals surface area contributed by atoms with Crippen molar-refractivity contribution < 1.29 is 9.59 Å². The van der Waals surface area contributed by atoms with Crippen molar-refractivity contribution in [1.82, 2.24) is 20.2 Å². The van der Waals surface area contributed by atoms with E-state index in [1.54, 1.807) is 24.0 Å². The van der Waals surface area contributed by atoms with E-state index < -0.39 is 0 Å². The maximum absolute atomic E-state index is 12.4. The van der Waals surface area contributed by atoms with E-state index in [1.165, 1.54) is 0 Å². The van der Waals surface area contributed by atoms with Crippen LogP contribution < -0.4 is 5.32 Å². The first-order valence-corrected chi connectivity index (χ1v) is 8.44. The zero-order valence-electron chi connectivity index (χ0n) is 14.1. The maximum Gasteiger partial charge on any atom is 0.270 e. The molecule has 1 N–H and O–H groups in total. The van der Waals surface area contributed by atoms with Crippen molar-refractivity contribution in [3.8, 4) is 0 Å². The number of nitrogens with one attached hydrogen (secondary N) is 1. The minimum absolute atomic E-state index is 0.000248. The summed E-state index contributed by atoms with van der Waals surface area (Å²) < 4.78 is 0. The highest BCUT2D eigenvalue weighted by molar-refractivity contribution is 6.31. The van der Waals surface area contributed by atoms with E-state index in [0.29, 0.717) is 29.6 Å². The molecule has 2 amide bonds. The van der Waals surface area contributed by atoms with Gasteiger partial charge in [-0.15, -0.1) is 0 Å². The number of carbonyl (C=O) groups excluding carboxylic acids is 2. The number of rotatable bonds is 4. The van der Waals surface area contributed by atoms with Crippen molar-refractivity contribution in [3.63, 3.8) is 0 Å². The lowest BCUT2D eigenvalue weighted by atomic mass is 10.2. The third-order valence-corrected chi connectivity index (χ3v) is 4.44. The Bertz CT molecular complexity index is 804. The van der Waals surface area contributed by atoms with Crippen molar-refractivity contribution in [2.75, 3.05) is 6.54 Å². The number of aryl methyl sites for hydroxylation is 2. The largest absolute Gasteiger partial charge is 0.346 e. The highest BCUT2D eigenvalue weighted by Crippen LogP contribution is 2.20. The fourth-order valence-corrected chi connectivity index (χ4v) is 3.14. The third kappa shape index (κ3) is 4.14. The Morgan fingerprint density at radius 2 is 2.08 bits per heavy atom. The van der Waals surface area contributed by atoms with Gasteiger partial charge in [0.2, 0.25) is 5.91 Å². The predicted octanol–water partition coefficient (Wildman–Crippen LogP) is 2.28. The highest BCUT2D eigenvalue weighted by Gasteiger charge is 2.31. The molecule has 0 bridgehead atoms. The van der Waals surface area contributed by atoms with Crippen LogP contribution in [-0.4, -0.2) is 39.3 Å². The number of aromatic nitrogens is 2. The van der Waals surface area contributed by atoms with E-state index in [-0.39, 0.29) is 24.3 Å². The number of hydrogen-bond acceptors (Lipinski definition) is 4. The van der Waals surface area contributed by atoms with Gasteiger partial charge in [0.25, 0.3) is 5.91 Å². The predicted molar refractivity (Wildman–Crippen MR) is 94.2 cm³/mol. The second-order valence-corrected chi connectivity index (χ2v) is 6.59. The summed E-state index contributed by atoms with van der Waals surface area (Å²) in [6, 6.07) is 8.84. The number of likely N-dealkylation sites (tertiary alicyclic amines) is 1. The molecule has 1 aromatic carbocycles. The Morgan fingerprint density at radius 1 is 1.32 bits per heavy atom. The van der Waals surface area contributed by atoms with Crippen LogP contribution in [0.25, 0.3) is 0 Å². The normalized spacial score (nSPS) is 17.0. The average Bonchev–Trinajstić information content (AvgIpc) is 2.88. The van der Waals surface area contributed by atoms with Crippen molar-refractivity contribution in [1.29, 1.82) is 0 Å². The van der Waals surface area contributed by atoms with Gasteiger partial charge >= 0.3 is 0 Å². The van der Waals surface area contributed by atoms with Crippen molar-refractivity contribution in [3.05, 3.63) is 58.1 Å². The molecule has 2 aromatic rings. The Morgan fingerprint density at radius 3 is 2.80 bits per heavy atom. The van der Waals surface area contributed by atoms with E-state index >= 15 is 0 Å². The lowest BCUT2D eigenvalue weighted by Crippen LogP contribution is -2.37. The summed E-state index contributed by atoms with van der Waals surface area (Å²) >= 11 is 6.16. The van der Waals surface area contributed by atoms with Crippen LogP contribution in [0.4, 0.5) is 0 Å². The van der Waals surface area contributed by atoms with Gasteiger partial charge in [0.1, 0.15) is 11.5 Å². The molecule has 0 radical (unpaired) electrons. The summed E-state index contributed by atoms with van der Waals surface area (Å²) in [5.74, 6) is 0.263. The molecule has 1 atom stereocenters. The van der Waals surface area contributed by atoms with Crippen molar-refractivity contribution in [2.45, 2.75) is 32.9 Å². The van der Waals surface area contributed by atoms with E-state index in [1.807, 2.05) is 25.1 Å². The van der Waals surface area contributed by atoms with Gasteiger partial charge in [-0.3, -0.25) is 9.59 Å². The summed E-state index contributed by atoms with van der Waals surface area (Å²) in [7, 11) is 0. The van der Waals surface area contributed by atoms with Gasteiger partial charge < -0.3 is 10.2 Å². The molecule has 0 saturated carbocycles. The molecular weight excluding hydrogens is 340 g/mol. The number of amides is 2. The van der Waals surface area contributed by atoms with Crippen LogP contribution in [0.2, 0.25) is 5.02 Å². The smallest absolute Gasteiger partial charge is 0.270 e. The summed E-state index contributed by atoms with van der Waals surface area (Å²) in [5, 5.41) is 3.52. The molecule has 1 aliphatic rings. The molecule has 1 aliphatic heterocycles. The SMILES string of the molecule is Cc1cc(C(=O)NC2CC(=O)N(Cc3ccccc3Cl)C2)nc(C)n1. The second-order valence-electron chi connectivity index (χ2n) is 6.18. The molecule has 2 heterocycles. The van der Waals surface area contributed by atoms with Crippen LogP contribution in [0, 0.1) is 13.8 Å². The molecule has 130 valence electrons. The molecule has 0 spiro atoms. The van der Waals surface area contributed by atoms with E-state index in [2.05, 4.69) is 15.3 Å². The fourth-order valence-electron chi connectivity index (χ4n) is 2.95. The van der Waals surface area contributed by atoms with E-state index in [4.69, 9.17) is 11.6 Å². The lowest BCUT2D eigenvalue weighted by Gasteiger charge is -2.18. The van der Waals surface area contributed by atoms with Crippen molar-refractivity contribution in [2.24, 2.45) is 0 Å². The summed E-state index contributed by atoms with van der Waals surface area (Å²) in [6.07, 6.45) is 0.277. The zero-order chi connectivity index (χ0) is 18.0. The van der Waals surface area contributed by atoms with Gasteiger partial charge in [0.05, 0.1) is 6.04 Å². The lowest BCUT2D eigenvalue weighted by molar-refractivity contribution is -0.128. The van der Waals surface area contributed by atoms with Crippen LogP contribution in [0.15, 0.2) is 30.3 Å². The summed E-state index contributed by atoms with van der Waals surface area (Å²) in [6.45, 7) is 4.46. The first-order chi connectivity index (χ1) is 11.9. The van der Waals surface area contributed by atoms with E-state index in [0.717, 1.165) is 11.3 Å². The Balaban J connectivity index is 1.64. The van der Waals surface area contributed by atoms with Crippen LogP contribution in [0.3, 0.4) is 0 Å². The van der Waals surface area contributed by atoms with Gasteiger partial charge in [-0.2, -0.15) is 0 Å². The summed E-state index contributed by atoms with van der Waals surface area (Å²) in [4.78, 5) is 34.6. The van der Waals surface area contributed by atoms with E-state index in [9.17, 15) is 9.59 Å². The average molecular weight is 359 g/mol. The number of benzene rings is 1. The van der Waals surface area contributed by atoms with Crippen LogP contribution in [0.5, 0.6) is 0 Å². The molecule has 6 nitrogen and oxygen atoms in total. The van der Waals surface area contributed by atoms with Gasteiger partial charge in [0, 0.05) is 30.2 Å². The Labute approximate surface area is 151 Å². The highest BCUT2D eigenvalue weighted by atomic mass is 35.5. The van der Waals surface area contributed by atoms with Crippen molar-refractivity contribution >= 4 is 23.4 Å². The molecular formula is C18H19ClN4O2. The quantitative estimate of drug-likeness (QED) is 0.909. The molecule has 1 unspecified atom stereocenters. The third-order valence-electron chi connectivity index (χ3n) is 4.07. The molecule has 1 fully saturated rings. The molecule has 3 rings (SSSR count). The zero-order valence-corrected chi connectivity index (χ0v) is 14.9. The first kappa shape index (κ1) is 17.4. The molecule has 25 heavy (non-hydrogen) atoms. The minimum Gasteiger partial charge on any atom is -0.346 e. The Hall–Kier alpha value is -2.47. The van der Waals surface area contributed by atoms with Crippen LogP contribution >= 0.6 is 11.6 Å². The molecule has 1 saturated heterocycles. The van der Waals surface area contributed by atoms with Crippen LogP contribution in [-0.2, 0) is 11.3 Å². The topological polar surface area (TPSA) is 75.2 Å². The molecule has 0 aliphatic carbocycles. The number of nitrogens with zero attached hydrogens (tertiary/aromatic N) is 3. The monoisotopic (exact) mass is 358 g/mol. The number of carbonyl (C=O) groups is 2. The standard InChI is InChI=1S/C18H19ClN4O2/c1-11-7-16(21-12(2)20-11)18(25)22-14-8-17(24)23(10-14)9-13-5-3-4-6-15(13)19/h3-7,14H,8-10H2,1-2H3,(H,22,25). The number of hydrogen-bond donors (Lipinski definition) is 1. The molecule has 7 heteroatoms. The van der Waals surface area contributed by atoms with Gasteiger partial charge in [-0.1, -0.05) is 29.8 Å². The van der Waals surface area contributed by atoms with Gasteiger partial charge in [-0.05, 0) is 31.5 Å². The van der Waals surface area contributed by atoms with Gasteiger partial charge in [-0.25, -0.2) is 9.97 Å². The minimum atomic E-state index is -0.286. The number of halogens is 1. The Kier molecular flexibility index (Phi) is 4.99. The second kappa shape index (κ2) is 7.19. The molecule has 1 aromatic heterocycles. The maximum atomic E-state index is 12.4.